The van der Waals surface area contributed by atoms with E-state index in [9.17, 15) is 4.39 Å². The van der Waals surface area contributed by atoms with E-state index >= 15 is 0 Å². The highest BCUT2D eigenvalue weighted by Gasteiger charge is 2.12. The lowest BCUT2D eigenvalue weighted by Crippen LogP contribution is -2.00. The summed E-state index contributed by atoms with van der Waals surface area (Å²) in [5.74, 6) is 0.858. The molecule has 1 aromatic heterocycles. The molecule has 0 amide bonds. The standard InChI is InChI=1S/C15H11ClFIN2/c1-9-6-11(3-4-12(9)17)20-14-5-2-10(18)7-13(14)19-15(20)8-16/h2-7H,8H2,1H3. The fourth-order valence-corrected chi connectivity index (χ4v) is 2.90. The molecule has 0 fully saturated rings. The minimum atomic E-state index is -0.208. The predicted molar refractivity (Wildman–Crippen MR) is 88.0 cm³/mol. The summed E-state index contributed by atoms with van der Waals surface area (Å²) in [6.45, 7) is 1.75. The molecule has 0 unspecified atom stereocenters. The van der Waals surface area contributed by atoms with Gasteiger partial charge < -0.3 is 0 Å². The normalized spacial score (nSPS) is 11.2. The van der Waals surface area contributed by atoms with Crippen molar-refractivity contribution in [2.75, 3.05) is 0 Å². The van der Waals surface area contributed by atoms with Crippen molar-refractivity contribution in [1.29, 1.82) is 0 Å². The van der Waals surface area contributed by atoms with Crippen LogP contribution in [0.4, 0.5) is 4.39 Å². The largest absolute Gasteiger partial charge is 0.295 e. The molecule has 20 heavy (non-hydrogen) atoms. The van der Waals surface area contributed by atoms with Gasteiger partial charge in [0, 0.05) is 9.26 Å². The zero-order valence-electron chi connectivity index (χ0n) is 10.7. The van der Waals surface area contributed by atoms with Crippen LogP contribution in [0.15, 0.2) is 36.4 Å². The van der Waals surface area contributed by atoms with Crippen LogP contribution >= 0.6 is 34.2 Å². The zero-order valence-corrected chi connectivity index (χ0v) is 13.6. The van der Waals surface area contributed by atoms with Crippen LogP contribution < -0.4 is 0 Å². The summed E-state index contributed by atoms with van der Waals surface area (Å²) in [5.41, 5.74) is 3.36. The minimum Gasteiger partial charge on any atom is -0.295 e. The van der Waals surface area contributed by atoms with Crippen molar-refractivity contribution in [3.63, 3.8) is 0 Å². The molecule has 3 aromatic rings. The molecular formula is C15H11ClFIN2. The average Bonchev–Trinajstić information content (AvgIpc) is 2.79. The van der Waals surface area contributed by atoms with Gasteiger partial charge >= 0.3 is 0 Å². The second-order valence-corrected chi connectivity index (χ2v) is 6.08. The van der Waals surface area contributed by atoms with E-state index < -0.39 is 0 Å². The Labute approximate surface area is 134 Å². The molecule has 0 aliphatic carbocycles. The molecule has 0 atom stereocenters. The van der Waals surface area contributed by atoms with Gasteiger partial charge in [0.15, 0.2) is 0 Å². The third-order valence-electron chi connectivity index (χ3n) is 3.21. The molecule has 0 radical (unpaired) electrons. The molecule has 1 heterocycles. The molecule has 0 N–H and O–H groups in total. The molecule has 2 nitrogen and oxygen atoms in total. The van der Waals surface area contributed by atoms with Crippen molar-refractivity contribution in [1.82, 2.24) is 9.55 Å². The third-order valence-corrected chi connectivity index (χ3v) is 4.12. The quantitative estimate of drug-likeness (QED) is 0.446. The van der Waals surface area contributed by atoms with E-state index in [-0.39, 0.29) is 5.82 Å². The molecule has 0 bridgehead atoms. The first-order valence-corrected chi connectivity index (χ1v) is 7.71. The van der Waals surface area contributed by atoms with E-state index in [1.807, 2.05) is 28.8 Å². The Balaban J connectivity index is 2.30. The monoisotopic (exact) mass is 400 g/mol. The van der Waals surface area contributed by atoms with Crippen LogP contribution in [-0.2, 0) is 5.88 Å². The Hall–Kier alpha value is -1.14. The summed E-state index contributed by atoms with van der Waals surface area (Å²) >= 11 is 8.26. The van der Waals surface area contributed by atoms with Crippen LogP contribution in [0, 0.1) is 16.3 Å². The summed E-state index contributed by atoms with van der Waals surface area (Å²) in [4.78, 5) is 4.55. The van der Waals surface area contributed by atoms with Gasteiger partial charge in [-0.15, -0.1) is 11.6 Å². The Morgan fingerprint density at radius 2 is 2.05 bits per heavy atom. The van der Waals surface area contributed by atoms with E-state index in [2.05, 4.69) is 27.6 Å². The SMILES string of the molecule is Cc1cc(-n2c(CCl)nc3cc(I)ccc32)ccc1F. The Morgan fingerprint density at radius 1 is 1.25 bits per heavy atom. The number of alkyl halides is 1. The third kappa shape index (κ3) is 2.31. The summed E-state index contributed by atoms with van der Waals surface area (Å²) in [7, 11) is 0. The van der Waals surface area contributed by atoms with Crippen LogP contribution in [0.1, 0.15) is 11.4 Å². The average molecular weight is 401 g/mol. The van der Waals surface area contributed by atoms with Gasteiger partial charge in [0.25, 0.3) is 0 Å². The van der Waals surface area contributed by atoms with Crippen LogP contribution in [0.25, 0.3) is 16.7 Å². The summed E-state index contributed by atoms with van der Waals surface area (Å²) < 4.78 is 16.5. The topological polar surface area (TPSA) is 17.8 Å². The first-order valence-electron chi connectivity index (χ1n) is 6.09. The number of aryl methyl sites for hydroxylation is 1. The first kappa shape index (κ1) is 13.8. The molecule has 0 spiro atoms. The molecule has 0 saturated heterocycles. The maximum absolute atomic E-state index is 13.4. The molecule has 5 heteroatoms. The summed E-state index contributed by atoms with van der Waals surface area (Å²) in [6, 6.07) is 11.1. The van der Waals surface area contributed by atoms with Crippen LogP contribution in [0.5, 0.6) is 0 Å². The van der Waals surface area contributed by atoms with Gasteiger partial charge in [-0.2, -0.15) is 0 Å². The number of halogens is 3. The lowest BCUT2D eigenvalue weighted by molar-refractivity contribution is 0.618. The number of nitrogens with zero attached hydrogens (tertiary/aromatic N) is 2. The maximum atomic E-state index is 13.4. The summed E-state index contributed by atoms with van der Waals surface area (Å²) in [6.07, 6.45) is 0. The fraction of sp³-hybridized carbons (Fsp3) is 0.133. The van der Waals surface area contributed by atoms with E-state index in [0.29, 0.717) is 11.4 Å². The van der Waals surface area contributed by atoms with Crippen molar-refractivity contribution in [3.8, 4) is 5.69 Å². The van der Waals surface area contributed by atoms with Gasteiger partial charge in [0.2, 0.25) is 0 Å². The van der Waals surface area contributed by atoms with Crippen molar-refractivity contribution in [2.45, 2.75) is 12.8 Å². The zero-order chi connectivity index (χ0) is 14.3. The highest BCUT2D eigenvalue weighted by Crippen LogP contribution is 2.25. The lowest BCUT2D eigenvalue weighted by Gasteiger charge is -2.09. The number of hydrogen-bond donors (Lipinski definition) is 0. The number of aromatic nitrogens is 2. The molecule has 0 aliphatic rings. The second kappa shape index (κ2) is 5.33. The predicted octanol–water partition coefficient (Wildman–Crippen LogP) is 4.82. The lowest BCUT2D eigenvalue weighted by atomic mass is 10.2. The van der Waals surface area contributed by atoms with Crippen LogP contribution in [0.3, 0.4) is 0 Å². The Morgan fingerprint density at radius 3 is 2.75 bits per heavy atom. The Kier molecular flexibility index (Phi) is 3.69. The number of imidazole rings is 1. The molecule has 0 saturated carbocycles. The summed E-state index contributed by atoms with van der Waals surface area (Å²) in [5, 5.41) is 0. The highest BCUT2D eigenvalue weighted by atomic mass is 127. The number of hydrogen-bond acceptors (Lipinski definition) is 1. The molecular weight excluding hydrogens is 390 g/mol. The molecule has 3 rings (SSSR count). The van der Waals surface area contributed by atoms with Gasteiger partial charge in [0.05, 0.1) is 16.9 Å². The van der Waals surface area contributed by atoms with Crippen molar-refractivity contribution in [3.05, 3.63) is 57.2 Å². The highest BCUT2D eigenvalue weighted by molar-refractivity contribution is 14.1. The molecule has 102 valence electrons. The Bertz CT molecular complexity index is 798. The van der Waals surface area contributed by atoms with E-state index in [1.165, 1.54) is 6.07 Å². The fourth-order valence-electron chi connectivity index (χ4n) is 2.25. The van der Waals surface area contributed by atoms with E-state index in [1.54, 1.807) is 13.0 Å². The van der Waals surface area contributed by atoms with Crippen LogP contribution in [-0.4, -0.2) is 9.55 Å². The molecule has 0 aliphatic heterocycles. The van der Waals surface area contributed by atoms with Crippen molar-refractivity contribution < 1.29 is 4.39 Å². The van der Waals surface area contributed by atoms with Crippen molar-refractivity contribution in [2.24, 2.45) is 0 Å². The van der Waals surface area contributed by atoms with Crippen LogP contribution in [0.2, 0.25) is 0 Å². The molecule has 2 aromatic carbocycles. The van der Waals surface area contributed by atoms with Gasteiger partial charge in [-0.1, -0.05) is 0 Å². The number of rotatable bonds is 2. The van der Waals surface area contributed by atoms with E-state index in [0.717, 1.165) is 26.1 Å². The van der Waals surface area contributed by atoms with Crippen molar-refractivity contribution >= 4 is 45.2 Å². The van der Waals surface area contributed by atoms with E-state index in [4.69, 9.17) is 11.6 Å². The first-order chi connectivity index (χ1) is 9.60. The van der Waals surface area contributed by atoms with Gasteiger partial charge in [-0.3, -0.25) is 4.57 Å². The van der Waals surface area contributed by atoms with Gasteiger partial charge in [0.1, 0.15) is 11.6 Å². The smallest absolute Gasteiger partial charge is 0.129 e. The number of benzene rings is 2. The van der Waals surface area contributed by atoms with Gasteiger partial charge in [-0.25, -0.2) is 9.37 Å². The minimum absolute atomic E-state index is 0.208. The number of fused-ring (bicyclic) bond motifs is 1. The van der Waals surface area contributed by atoms with Gasteiger partial charge in [-0.05, 0) is 71.5 Å². The second-order valence-electron chi connectivity index (χ2n) is 4.56. The maximum Gasteiger partial charge on any atom is 0.129 e.